The van der Waals surface area contributed by atoms with Crippen molar-refractivity contribution in [3.8, 4) is 0 Å². The predicted molar refractivity (Wildman–Crippen MR) is 28.0 cm³/mol. The van der Waals surface area contributed by atoms with Crippen molar-refractivity contribution in [1.82, 2.24) is 10.9 Å². The van der Waals surface area contributed by atoms with Gasteiger partial charge in [0.15, 0.2) is 5.03 Å². The third-order valence-electron chi connectivity index (χ3n) is 0.407. The van der Waals surface area contributed by atoms with Crippen LogP contribution in [0.4, 0.5) is 0 Å². The highest BCUT2D eigenvalue weighted by molar-refractivity contribution is 5.73. The second-order valence-electron chi connectivity index (χ2n) is 1.05. The largest absolute Gasteiger partial charge is 0.277 e. The van der Waals surface area contributed by atoms with E-state index in [1.54, 1.807) is 0 Å². The van der Waals surface area contributed by atoms with E-state index >= 15 is 0 Å². The minimum absolute atomic E-state index is 0.512. The van der Waals surface area contributed by atoms with E-state index in [0.717, 1.165) is 0 Å². The summed E-state index contributed by atoms with van der Waals surface area (Å²) in [5.74, 6) is -0.512. The summed E-state index contributed by atoms with van der Waals surface area (Å²) in [7, 11) is 1.25. The fourth-order valence-electron chi connectivity index (χ4n) is 0.216. The van der Waals surface area contributed by atoms with Crippen LogP contribution in [0.2, 0.25) is 0 Å². The Kier molecular flexibility index (Phi) is 3.06. The first kappa shape index (κ1) is 7.63. The smallest absolute Gasteiger partial charge is 0.275 e. The minimum atomic E-state index is -0.867. The van der Waals surface area contributed by atoms with Gasteiger partial charge in [-0.15, -0.1) is 0 Å². The van der Waals surface area contributed by atoms with Crippen LogP contribution >= 0.6 is 0 Å². The lowest BCUT2D eigenvalue weighted by Gasteiger charge is -1.98. The molecule has 7 heteroatoms. The Morgan fingerprint density at radius 3 is 2.78 bits per heavy atom. The molecule has 0 rings (SSSR count). The average Bonchev–Trinajstić information content (AvgIpc) is 1.63. The second kappa shape index (κ2) is 3.61. The Balaban J connectivity index is 3.39. The maximum absolute atomic E-state index is 9.54. The van der Waals surface area contributed by atoms with Crippen molar-refractivity contribution in [2.24, 2.45) is 0 Å². The van der Waals surface area contributed by atoms with Gasteiger partial charge in [0.1, 0.15) is 0 Å². The molecule has 0 radical (unpaired) electrons. The highest BCUT2D eigenvalue weighted by atomic mass is 16.7. The molecule has 0 unspecified atom stereocenters. The van der Waals surface area contributed by atoms with Crippen LogP contribution in [0.5, 0.6) is 0 Å². The minimum Gasteiger partial charge on any atom is -0.277 e. The van der Waals surface area contributed by atoms with E-state index in [2.05, 4.69) is 4.84 Å². The van der Waals surface area contributed by atoms with Crippen LogP contribution in [0.1, 0.15) is 0 Å². The first-order valence-electron chi connectivity index (χ1n) is 1.95. The van der Waals surface area contributed by atoms with Gasteiger partial charge in [0.25, 0.3) is 5.96 Å². The van der Waals surface area contributed by atoms with Crippen molar-refractivity contribution in [3.63, 3.8) is 0 Å². The number of nitrogens with one attached hydrogen (secondary N) is 3. The zero-order valence-corrected chi connectivity index (χ0v) is 4.67. The van der Waals surface area contributed by atoms with Crippen LogP contribution < -0.4 is 10.9 Å². The molecule has 0 aromatic heterocycles. The fourth-order valence-corrected chi connectivity index (χ4v) is 0.216. The first-order chi connectivity index (χ1) is 4.16. The predicted octanol–water partition coefficient (Wildman–Crippen LogP) is -1.15. The summed E-state index contributed by atoms with van der Waals surface area (Å²) in [5, 5.41) is 15.3. The van der Waals surface area contributed by atoms with E-state index in [1.165, 1.54) is 12.5 Å². The number of hydrogen-bond donors (Lipinski definition) is 3. The Morgan fingerprint density at radius 2 is 2.44 bits per heavy atom. The molecule has 7 nitrogen and oxygen atoms in total. The molecule has 0 fully saturated rings. The Bertz CT molecular complexity index is 123. The van der Waals surface area contributed by atoms with Crippen molar-refractivity contribution in [3.05, 3.63) is 10.1 Å². The lowest BCUT2D eigenvalue weighted by Crippen LogP contribution is -2.38. The van der Waals surface area contributed by atoms with Crippen molar-refractivity contribution in [1.29, 1.82) is 5.41 Å². The molecule has 0 amide bonds. The van der Waals surface area contributed by atoms with Gasteiger partial charge in [0, 0.05) is 0 Å². The molecule has 0 heterocycles. The molecule has 0 aliphatic rings. The fraction of sp³-hybridized carbons (Fsp3) is 0.500. The molecular weight excluding hydrogens is 128 g/mol. The van der Waals surface area contributed by atoms with Crippen molar-refractivity contribution < 1.29 is 9.87 Å². The SMILES string of the molecule is CONC(=N)N[N+](=O)[O-]. The summed E-state index contributed by atoms with van der Waals surface area (Å²) in [5.41, 5.74) is 3.42. The number of hydroxylamine groups is 1. The van der Waals surface area contributed by atoms with Gasteiger partial charge in [-0.2, -0.15) is 0 Å². The van der Waals surface area contributed by atoms with Crippen LogP contribution in [0.25, 0.3) is 0 Å². The molecule has 9 heavy (non-hydrogen) atoms. The van der Waals surface area contributed by atoms with E-state index in [4.69, 9.17) is 5.41 Å². The third-order valence-corrected chi connectivity index (χ3v) is 0.407. The summed E-state index contributed by atoms with van der Waals surface area (Å²) < 4.78 is 0. The molecule has 0 atom stereocenters. The zero-order valence-electron chi connectivity index (χ0n) is 4.67. The van der Waals surface area contributed by atoms with Gasteiger partial charge < -0.3 is 0 Å². The molecule has 0 saturated carbocycles. The highest BCUT2D eigenvalue weighted by Gasteiger charge is 1.98. The molecule has 0 bridgehead atoms. The van der Waals surface area contributed by atoms with Gasteiger partial charge in [-0.25, -0.2) is 15.6 Å². The van der Waals surface area contributed by atoms with E-state index in [1.807, 2.05) is 5.48 Å². The number of nitro groups is 1. The van der Waals surface area contributed by atoms with Gasteiger partial charge in [0.2, 0.25) is 0 Å². The summed E-state index contributed by atoms with van der Waals surface area (Å²) in [6.07, 6.45) is 0. The molecule has 0 saturated heterocycles. The third kappa shape index (κ3) is 4.48. The van der Waals surface area contributed by atoms with Crippen LogP contribution in [0.15, 0.2) is 0 Å². The highest BCUT2D eigenvalue weighted by Crippen LogP contribution is 1.59. The normalized spacial score (nSPS) is 8.11. The zero-order chi connectivity index (χ0) is 7.28. The van der Waals surface area contributed by atoms with Crippen LogP contribution in [-0.2, 0) is 4.84 Å². The topological polar surface area (TPSA) is 100 Å². The molecule has 3 N–H and O–H groups in total. The molecule has 0 aromatic carbocycles. The van der Waals surface area contributed by atoms with Crippen molar-refractivity contribution in [2.45, 2.75) is 0 Å². The lowest BCUT2D eigenvalue weighted by atomic mass is 11.1. The van der Waals surface area contributed by atoms with E-state index < -0.39 is 11.0 Å². The Morgan fingerprint density at radius 1 is 1.89 bits per heavy atom. The van der Waals surface area contributed by atoms with Crippen LogP contribution in [-0.4, -0.2) is 18.1 Å². The number of nitrogens with zero attached hydrogens (tertiary/aromatic N) is 1. The van der Waals surface area contributed by atoms with Gasteiger partial charge >= 0.3 is 0 Å². The Hall–Kier alpha value is -1.37. The van der Waals surface area contributed by atoms with E-state index in [0.29, 0.717) is 0 Å². The summed E-state index contributed by atoms with van der Waals surface area (Å²) >= 11 is 0. The molecule has 52 valence electrons. The monoisotopic (exact) mass is 134 g/mol. The molecular formula is C2H6N4O3. The summed E-state index contributed by atoms with van der Waals surface area (Å²) in [6.45, 7) is 0. The first-order valence-corrected chi connectivity index (χ1v) is 1.95. The van der Waals surface area contributed by atoms with Gasteiger partial charge in [-0.3, -0.25) is 10.2 Å². The van der Waals surface area contributed by atoms with Gasteiger partial charge in [0.05, 0.1) is 7.11 Å². The standard InChI is InChI=1S/C2H6N4O3/c1-9-5-2(3)4-6(7)8/h1H3,(H3,3,4,5). The maximum Gasteiger partial charge on any atom is 0.275 e. The summed E-state index contributed by atoms with van der Waals surface area (Å²) in [6, 6.07) is 0. The quantitative estimate of drug-likeness (QED) is 0.192. The lowest BCUT2D eigenvalue weighted by molar-refractivity contribution is -0.526. The molecule has 0 aliphatic carbocycles. The van der Waals surface area contributed by atoms with Crippen LogP contribution in [0.3, 0.4) is 0 Å². The summed E-state index contributed by atoms with van der Waals surface area (Å²) in [4.78, 5) is 13.7. The van der Waals surface area contributed by atoms with E-state index in [9.17, 15) is 10.1 Å². The Labute approximate surface area is 50.6 Å². The van der Waals surface area contributed by atoms with Crippen LogP contribution in [0, 0.1) is 15.5 Å². The number of guanidine groups is 1. The van der Waals surface area contributed by atoms with Gasteiger partial charge in [-0.1, -0.05) is 5.43 Å². The molecule has 0 aliphatic heterocycles. The van der Waals surface area contributed by atoms with E-state index in [-0.39, 0.29) is 0 Å². The molecule has 0 aromatic rings. The number of hydrazine groups is 1. The van der Waals surface area contributed by atoms with Gasteiger partial charge in [-0.05, 0) is 0 Å². The number of rotatable bonds is 2. The average molecular weight is 134 g/mol. The maximum atomic E-state index is 9.54. The van der Waals surface area contributed by atoms with Crippen molar-refractivity contribution >= 4 is 5.96 Å². The van der Waals surface area contributed by atoms with Crippen molar-refractivity contribution in [2.75, 3.05) is 7.11 Å². The second-order valence-corrected chi connectivity index (χ2v) is 1.05. The molecule has 0 spiro atoms. The number of hydrogen-bond acceptors (Lipinski definition) is 4.